The summed E-state index contributed by atoms with van der Waals surface area (Å²) in [5.41, 5.74) is -0.879. The molecule has 0 aromatic rings. The van der Waals surface area contributed by atoms with E-state index in [9.17, 15) is 24.0 Å². The Morgan fingerprint density at radius 2 is 1.71 bits per heavy atom. The number of ether oxygens (including phenoxy) is 2. The van der Waals surface area contributed by atoms with E-state index in [1.807, 2.05) is 0 Å². The van der Waals surface area contributed by atoms with E-state index in [2.05, 4.69) is 35.8 Å². The highest BCUT2D eigenvalue weighted by molar-refractivity contribution is 6.36. The van der Waals surface area contributed by atoms with Crippen LogP contribution in [0.1, 0.15) is 73.1 Å². The van der Waals surface area contributed by atoms with Gasteiger partial charge in [-0.25, -0.2) is 9.59 Å². The molecule has 2 saturated carbocycles. The molecule has 3 amide bonds. The van der Waals surface area contributed by atoms with E-state index in [-0.39, 0.29) is 35.5 Å². The van der Waals surface area contributed by atoms with Crippen LogP contribution in [0.5, 0.6) is 0 Å². The van der Waals surface area contributed by atoms with Gasteiger partial charge in [0.25, 0.3) is 5.78 Å². The number of amides is 3. The van der Waals surface area contributed by atoms with Crippen molar-refractivity contribution in [2.75, 3.05) is 13.7 Å². The molecule has 0 radical (unpaired) electrons. The van der Waals surface area contributed by atoms with Crippen molar-refractivity contribution in [1.82, 2.24) is 15.5 Å². The second-order valence-electron chi connectivity index (χ2n) is 12.4. The van der Waals surface area contributed by atoms with Gasteiger partial charge in [-0.15, -0.1) is 6.58 Å². The smallest absolute Gasteiger partial charge is 0.408 e. The largest absolute Gasteiger partial charge is 0.463 e. The minimum Gasteiger partial charge on any atom is -0.463 e. The van der Waals surface area contributed by atoms with Gasteiger partial charge in [0.1, 0.15) is 23.7 Å². The van der Waals surface area contributed by atoms with E-state index in [0.717, 1.165) is 39.2 Å². The number of Topliss-reactive ketones (excluding diaryl/α,β-unsaturated/α-hetero) is 1. The molecule has 1 aliphatic heterocycles. The van der Waals surface area contributed by atoms with Crippen molar-refractivity contribution in [2.45, 2.75) is 96.9 Å². The molecular formula is C28H43N3O7. The molecule has 1 unspecified atom stereocenters. The highest BCUT2D eigenvalue weighted by Crippen LogP contribution is 2.65. The van der Waals surface area contributed by atoms with Gasteiger partial charge in [0.15, 0.2) is 0 Å². The Morgan fingerprint density at radius 1 is 1.08 bits per heavy atom. The molecule has 2 N–H and O–H groups in total. The van der Waals surface area contributed by atoms with Crippen molar-refractivity contribution in [3.63, 3.8) is 0 Å². The van der Waals surface area contributed by atoms with E-state index in [0.29, 0.717) is 6.54 Å². The predicted octanol–water partition coefficient (Wildman–Crippen LogP) is 2.75. The lowest BCUT2D eigenvalue weighted by molar-refractivity contribution is -0.153. The zero-order chi connectivity index (χ0) is 28.4. The van der Waals surface area contributed by atoms with Crippen LogP contribution in [-0.4, -0.2) is 71.9 Å². The third-order valence-electron chi connectivity index (χ3n) is 8.24. The fourth-order valence-electron chi connectivity index (χ4n) is 6.17. The zero-order valence-electron chi connectivity index (χ0n) is 23.5. The second kappa shape index (κ2) is 11.5. The zero-order valence-corrected chi connectivity index (χ0v) is 23.5. The van der Waals surface area contributed by atoms with Crippen LogP contribution in [0.4, 0.5) is 4.79 Å². The maximum Gasteiger partial charge on any atom is 0.408 e. The van der Waals surface area contributed by atoms with E-state index in [1.165, 1.54) is 6.08 Å². The van der Waals surface area contributed by atoms with Crippen LogP contribution in [0.2, 0.25) is 0 Å². The molecule has 3 fully saturated rings. The number of fused-ring (bicyclic) bond motifs is 1. The molecule has 38 heavy (non-hydrogen) atoms. The number of likely N-dealkylation sites (tertiary alicyclic amines) is 1. The highest BCUT2D eigenvalue weighted by Gasteiger charge is 2.69. The number of rotatable bonds is 9. The van der Waals surface area contributed by atoms with E-state index in [4.69, 9.17) is 4.74 Å². The number of nitrogens with zero attached hydrogens (tertiary/aromatic N) is 1. The van der Waals surface area contributed by atoms with Crippen molar-refractivity contribution in [2.24, 2.45) is 23.2 Å². The molecule has 1 saturated heterocycles. The Bertz CT molecular complexity index is 964. The van der Waals surface area contributed by atoms with Crippen molar-refractivity contribution >= 4 is 29.7 Å². The molecule has 10 heteroatoms. The molecular weight excluding hydrogens is 490 g/mol. The number of alkyl carbamates (subject to hydrolysis) is 1. The number of piperidine rings is 1. The van der Waals surface area contributed by atoms with Crippen LogP contribution >= 0.6 is 0 Å². The molecule has 10 nitrogen and oxygen atoms in total. The lowest BCUT2D eigenvalue weighted by atomic mass is 9.83. The molecule has 3 rings (SSSR count). The second-order valence-corrected chi connectivity index (χ2v) is 12.4. The monoisotopic (exact) mass is 533 g/mol. The summed E-state index contributed by atoms with van der Waals surface area (Å²) >= 11 is 0. The van der Waals surface area contributed by atoms with Gasteiger partial charge in [0.05, 0.1) is 7.11 Å². The molecule has 212 valence electrons. The van der Waals surface area contributed by atoms with Crippen LogP contribution in [-0.2, 0) is 28.7 Å². The average molecular weight is 534 g/mol. The van der Waals surface area contributed by atoms with Crippen molar-refractivity contribution < 1.29 is 33.4 Å². The first-order valence-corrected chi connectivity index (χ1v) is 13.6. The van der Waals surface area contributed by atoms with Gasteiger partial charge in [0, 0.05) is 6.54 Å². The summed E-state index contributed by atoms with van der Waals surface area (Å²) in [5, 5.41) is 5.50. The molecule has 5 atom stereocenters. The van der Waals surface area contributed by atoms with Crippen LogP contribution in [0.25, 0.3) is 0 Å². The van der Waals surface area contributed by atoms with Gasteiger partial charge in [0.2, 0.25) is 11.8 Å². The molecule has 1 heterocycles. The Morgan fingerprint density at radius 3 is 2.26 bits per heavy atom. The maximum absolute atomic E-state index is 14.1. The summed E-state index contributed by atoms with van der Waals surface area (Å²) < 4.78 is 10.0. The summed E-state index contributed by atoms with van der Waals surface area (Å²) in [7, 11) is 1.10. The highest BCUT2D eigenvalue weighted by atomic mass is 16.6. The number of ketones is 1. The fraction of sp³-hybridized carbons (Fsp3) is 0.750. The third kappa shape index (κ3) is 6.38. The Hall–Kier alpha value is -2.91. The number of carbonyl (C=O) groups is 5. The van der Waals surface area contributed by atoms with Gasteiger partial charge >= 0.3 is 12.1 Å². The van der Waals surface area contributed by atoms with Crippen LogP contribution in [0.15, 0.2) is 12.7 Å². The topological polar surface area (TPSA) is 131 Å². The summed E-state index contributed by atoms with van der Waals surface area (Å²) in [5.74, 6) is -2.80. The fourth-order valence-corrected chi connectivity index (χ4v) is 6.17. The summed E-state index contributed by atoms with van der Waals surface area (Å²) in [6.07, 6.45) is 5.42. The van der Waals surface area contributed by atoms with Crippen LogP contribution < -0.4 is 10.6 Å². The predicted molar refractivity (Wildman–Crippen MR) is 140 cm³/mol. The minimum absolute atomic E-state index is 0.0444. The number of carbonyl (C=O) groups excluding carboxylic acids is 5. The first-order chi connectivity index (χ1) is 17.7. The SMILES string of the molecule is C=CCC(NC(=O)[C@@H]1[C@@H]2[C@H](CN1C(=O)[C@@H](NC(=O)OC(C)(C)C)C1CCCCC1)C2(C)C)C(=O)C(=O)OC. The molecule has 0 aromatic carbocycles. The minimum atomic E-state index is -1.14. The van der Waals surface area contributed by atoms with E-state index >= 15 is 0 Å². The first kappa shape index (κ1) is 29.6. The number of methoxy groups -OCH3 is 1. The first-order valence-electron chi connectivity index (χ1n) is 13.6. The third-order valence-corrected chi connectivity index (χ3v) is 8.24. The molecule has 2 aliphatic carbocycles. The van der Waals surface area contributed by atoms with Gasteiger partial charge < -0.3 is 25.0 Å². The van der Waals surface area contributed by atoms with E-state index < -0.39 is 47.5 Å². The summed E-state index contributed by atoms with van der Waals surface area (Å²) in [6.45, 7) is 13.4. The quantitative estimate of drug-likeness (QED) is 0.265. The van der Waals surface area contributed by atoms with E-state index in [1.54, 1.807) is 25.7 Å². The van der Waals surface area contributed by atoms with Gasteiger partial charge in [-0.3, -0.25) is 14.4 Å². The van der Waals surface area contributed by atoms with Gasteiger partial charge in [-0.1, -0.05) is 39.2 Å². The molecule has 0 spiro atoms. The lowest BCUT2D eigenvalue weighted by Crippen LogP contribution is -2.59. The van der Waals surface area contributed by atoms with Crippen LogP contribution in [0, 0.1) is 23.2 Å². The van der Waals surface area contributed by atoms with Gasteiger partial charge in [-0.05, 0) is 63.2 Å². The number of hydrogen-bond acceptors (Lipinski definition) is 7. The molecule has 0 bridgehead atoms. The standard InChI is InChI=1S/C28H43N3O7/c1-8-12-18(22(32)25(35)37-7)29-23(33)21-19-17(28(19,5)6)15-31(21)24(34)20(16-13-10-9-11-14-16)30-26(36)38-27(2,3)4/h8,16-21H,1,9-15H2,2-7H3,(H,29,33)(H,30,36)/t17-,18?,19-,20-,21-/m0/s1. The normalized spacial score (nSPS) is 25.8. The summed E-state index contributed by atoms with van der Waals surface area (Å²) in [4.78, 5) is 66.4. The Labute approximate surface area is 225 Å². The van der Waals surface area contributed by atoms with Crippen LogP contribution in [0.3, 0.4) is 0 Å². The van der Waals surface area contributed by atoms with Crippen molar-refractivity contribution in [3.8, 4) is 0 Å². The number of nitrogens with one attached hydrogen (secondary N) is 2. The maximum atomic E-state index is 14.1. The number of hydrogen-bond donors (Lipinski definition) is 2. The number of esters is 1. The Balaban J connectivity index is 1.86. The lowest BCUT2D eigenvalue weighted by Gasteiger charge is -2.37. The Kier molecular flexibility index (Phi) is 8.93. The van der Waals surface area contributed by atoms with Crippen molar-refractivity contribution in [1.29, 1.82) is 0 Å². The molecule has 3 aliphatic rings. The van der Waals surface area contributed by atoms with Crippen molar-refractivity contribution in [3.05, 3.63) is 12.7 Å². The van der Waals surface area contributed by atoms with Gasteiger partial charge in [-0.2, -0.15) is 0 Å². The summed E-state index contributed by atoms with van der Waals surface area (Å²) in [6, 6.07) is -2.78. The average Bonchev–Trinajstić information content (AvgIpc) is 3.18. The molecule has 0 aromatic heterocycles.